The molecule has 0 fully saturated rings. The van der Waals surface area contributed by atoms with Gasteiger partial charge in [-0.15, -0.1) is 0 Å². The van der Waals surface area contributed by atoms with E-state index in [9.17, 15) is 8.42 Å². The zero-order valence-corrected chi connectivity index (χ0v) is 13.1. The molecule has 2 unspecified atom stereocenters. The van der Waals surface area contributed by atoms with Crippen molar-refractivity contribution >= 4 is 9.84 Å². The molecule has 0 aliphatic rings. The van der Waals surface area contributed by atoms with Crippen molar-refractivity contribution in [1.82, 2.24) is 15.1 Å². The summed E-state index contributed by atoms with van der Waals surface area (Å²) >= 11 is 0. The van der Waals surface area contributed by atoms with Gasteiger partial charge in [0.05, 0.1) is 16.7 Å². The van der Waals surface area contributed by atoms with Gasteiger partial charge in [0, 0.05) is 25.0 Å². The van der Waals surface area contributed by atoms with Crippen LogP contribution in [0.5, 0.6) is 0 Å². The van der Waals surface area contributed by atoms with Gasteiger partial charge in [-0.3, -0.25) is 4.68 Å². The molecule has 1 aromatic heterocycles. The molecule has 1 N–H and O–H groups in total. The molecular formula is C15H21N3O2S. The molecule has 5 nitrogen and oxygen atoms in total. The highest BCUT2D eigenvalue weighted by Gasteiger charge is 2.17. The summed E-state index contributed by atoms with van der Waals surface area (Å²) in [5, 5.41) is 7.46. The van der Waals surface area contributed by atoms with E-state index >= 15 is 0 Å². The molecule has 0 aliphatic heterocycles. The molecule has 1 heterocycles. The minimum Gasteiger partial charge on any atom is -0.311 e. The van der Waals surface area contributed by atoms with Crippen LogP contribution in [0.4, 0.5) is 0 Å². The standard InChI is InChI=1S/C15H21N3O2S/c1-13(14(2)18-11-6-9-17-18)16-10-12-21(19,20)15-7-4-3-5-8-15/h3-9,11,13-14,16H,10,12H2,1-2H3. The lowest BCUT2D eigenvalue weighted by Crippen LogP contribution is -2.36. The van der Waals surface area contributed by atoms with Gasteiger partial charge in [0.1, 0.15) is 0 Å². The molecule has 21 heavy (non-hydrogen) atoms. The van der Waals surface area contributed by atoms with Crippen molar-refractivity contribution in [3.8, 4) is 0 Å². The molecule has 2 atom stereocenters. The molecule has 2 aromatic rings. The molecule has 0 saturated heterocycles. The lowest BCUT2D eigenvalue weighted by Gasteiger charge is -2.21. The van der Waals surface area contributed by atoms with Gasteiger partial charge < -0.3 is 5.32 Å². The first-order valence-corrected chi connectivity index (χ1v) is 8.66. The maximum Gasteiger partial charge on any atom is 0.179 e. The Morgan fingerprint density at radius 3 is 2.52 bits per heavy atom. The molecule has 6 heteroatoms. The van der Waals surface area contributed by atoms with Gasteiger partial charge in [-0.05, 0) is 32.0 Å². The quantitative estimate of drug-likeness (QED) is 0.848. The summed E-state index contributed by atoms with van der Waals surface area (Å²) in [5.74, 6) is 0.0905. The highest BCUT2D eigenvalue weighted by Crippen LogP contribution is 2.11. The van der Waals surface area contributed by atoms with E-state index in [-0.39, 0.29) is 17.8 Å². The Labute approximate surface area is 125 Å². The smallest absolute Gasteiger partial charge is 0.179 e. The van der Waals surface area contributed by atoms with Crippen LogP contribution in [-0.4, -0.2) is 36.5 Å². The second-order valence-corrected chi connectivity index (χ2v) is 7.21. The van der Waals surface area contributed by atoms with Gasteiger partial charge in [0.2, 0.25) is 0 Å². The predicted molar refractivity (Wildman–Crippen MR) is 82.9 cm³/mol. The van der Waals surface area contributed by atoms with Gasteiger partial charge in [-0.1, -0.05) is 18.2 Å². The van der Waals surface area contributed by atoms with E-state index in [0.717, 1.165) is 0 Å². The lowest BCUT2D eigenvalue weighted by molar-refractivity contribution is 0.372. The van der Waals surface area contributed by atoms with E-state index in [4.69, 9.17) is 0 Å². The van der Waals surface area contributed by atoms with Crippen molar-refractivity contribution in [2.24, 2.45) is 0 Å². The summed E-state index contributed by atoms with van der Waals surface area (Å²) in [5.41, 5.74) is 0. The largest absolute Gasteiger partial charge is 0.311 e. The molecular weight excluding hydrogens is 286 g/mol. The Balaban J connectivity index is 1.87. The van der Waals surface area contributed by atoms with Crippen molar-refractivity contribution < 1.29 is 8.42 Å². The van der Waals surface area contributed by atoms with Crippen LogP contribution >= 0.6 is 0 Å². The summed E-state index contributed by atoms with van der Waals surface area (Å²) in [7, 11) is -3.22. The fourth-order valence-corrected chi connectivity index (χ4v) is 3.28. The highest BCUT2D eigenvalue weighted by molar-refractivity contribution is 7.91. The average molecular weight is 307 g/mol. The number of hydrogen-bond donors (Lipinski definition) is 1. The molecule has 0 spiro atoms. The maximum absolute atomic E-state index is 12.2. The number of nitrogens with zero attached hydrogens (tertiary/aromatic N) is 2. The average Bonchev–Trinajstić information content (AvgIpc) is 3.01. The monoisotopic (exact) mass is 307 g/mol. The van der Waals surface area contributed by atoms with Crippen molar-refractivity contribution in [3.05, 3.63) is 48.8 Å². The molecule has 0 aliphatic carbocycles. The van der Waals surface area contributed by atoms with Crippen LogP contribution in [0.15, 0.2) is 53.7 Å². The van der Waals surface area contributed by atoms with Gasteiger partial charge >= 0.3 is 0 Å². The van der Waals surface area contributed by atoms with Crippen molar-refractivity contribution in [3.63, 3.8) is 0 Å². The van der Waals surface area contributed by atoms with Crippen molar-refractivity contribution in [1.29, 1.82) is 0 Å². The SMILES string of the molecule is CC(NCCS(=O)(=O)c1ccccc1)C(C)n1cccn1. The summed E-state index contributed by atoms with van der Waals surface area (Å²) in [6.07, 6.45) is 3.65. The Morgan fingerprint density at radius 1 is 1.19 bits per heavy atom. The van der Waals surface area contributed by atoms with Crippen LogP contribution in [-0.2, 0) is 9.84 Å². The number of benzene rings is 1. The Morgan fingerprint density at radius 2 is 1.90 bits per heavy atom. The van der Waals surface area contributed by atoms with Crippen LogP contribution in [0.3, 0.4) is 0 Å². The van der Waals surface area contributed by atoms with Crippen LogP contribution in [0.2, 0.25) is 0 Å². The van der Waals surface area contributed by atoms with Gasteiger partial charge in [0.25, 0.3) is 0 Å². The number of hydrogen-bond acceptors (Lipinski definition) is 4. The van der Waals surface area contributed by atoms with E-state index in [0.29, 0.717) is 11.4 Å². The van der Waals surface area contributed by atoms with Gasteiger partial charge in [-0.2, -0.15) is 5.10 Å². The fraction of sp³-hybridized carbons (Fsp3) is 0.400. The van der Waals surface area contributed by atoms with Gasteiger partial charge in [0.15, 0.2) is 9.84 Å². The zero-order chi connectivity index (χ0) is 15.3. The van der Waals surface area contributed by atoms with Crippen molar-refractivity contribution in [2.45, 2.75) is 30.8 Å². The minimum atomic E-state index is -3.22. The normalized spacial score (nSPS) is 14.8. The molecule has 0 radical (unpaired) electrons. The van der Waals surface area contributed by atoms with Crippen LogP contribution in [0.1, 0.15) is 19.9 Å². The summed E-state index contributed by atoms with van der Waals surface area (Å²) in [6, 6.07) is 10.7. The van der Waals surface area contributed by atoms with Crippen molar-refractivity contribution in [2.75, 3.05) is 12.3 Å². The second-order valence-electron chi connectivity index (χ2n) is 5.10. The second kappa shape index (κ2) is 6.87. The molecule has 0 bridgehead atoms. The van der Waals surface area contributed by atoms with Crippen LogP contribution in [0, 0.1) is 0 Å². The van der Waals surface area contributed by atoms with E-state index in [1.165, 1.54) is 0 Å². The molecule has 2 rings (SSSR count). The maximum atomic E-state index is 12.2. The van der Waals surface area contributed by atoms with E-state index in [2.05, 4.69) is 17.3 Å². The predicted octanol–water partition coefficient (Wildman–Crippen LogP) is 1.90. The Kier molecular flexibility index (Phi) is 5.14. The lowest BCUT2D eigenvalue weighted by atomic mass is 10.2. The number of aromatic nitrogens is 2. The first kappa shape index (κ1) is 15.7. The third kappa shape index (κ3) is 4.15. The summed E-state index contributed by atoms with van der Waals surface area (Å²) in [4.78, 5) is 0.375. The van der Waals surface area contributed by atoms with E-state index in [1.807, 2.05) is 29.9 Å². The molecule has 0 amide bonds. The minimum absolute atomic E-state index is 0.0905. The number of nitrogens with one attached hydrogen (secondary N) is 1. The first-order valence-electron chi connectivity index (χ1n) is 7.01. The molecule has 1 aromatic carbocycles. The highest BCUT2D eigenvalue weighted by atomic mass is 32.2. The third-order valence-corrected chi connectivity index (χ3v) is 5.34. The zero-order valence-electron chi connectivity index (χ0n) is 12.3. The number of rotatable bonds is 7. The molecule has 114 valence electrons. The third-order valence-electron chi connectivity index (χ3n) is 3.61. The Bertz CT molecular complexity index is 639. The topological polar surface area (TPSA) is 64.0 Å². The Hall–Kier alpha value is -1.66. The van der Waals surface area contributed by atoms with Gasteiger partial charge in [-0.25, -0.2) is 8.42 Å². The van der Waals surface area contributed by atoms with E-state index in [1.54, 1.807) is 30.5 Å². The number of sulfone groups is 1. The fourth-order valence-electron chi connectivity index (χ4n) is 2.09. The summed E-state index contributed by atoms with van der Waals surface area (Å²) in [6.45, 7) is 4.50. The van der Waals surface area contributed by atoms with E-state index < -0.39 is 9.84 Å². The summed E-state index contributed by atoms with van der Waals surface area (Å²) < 4.78 is 26.2. The van der Waals surface area contributed by atoms with Crippen LogP contribution in [0.25, 0.3) is 0 Å². The van der Waals surface area contributed by atoms with Crippen LogP contribution < -0.4 is 5.32 Å². The molecule has 0 saturated carbocycles. The first-order chi connectivity index (χ1) is 10.0.